The van der Waals surface area contributed by atoms with Gasteiger partial charge in [-0.3, -0.25) is 0 Å². The molecule has 2 aliphatic rings. The van der Waals surface area contributed by atoms with Crippen molar-refractivity contribution in [2.24, 2.45) is 29.1 Å². The van der Waals surface area contributed by atoms with E-state index in [1.807, 2.05) is 0 Å². The molecule has 0 aromatic heterocycles. The summed E-state index contributed by atoms with van der Waals surface area (Å²) >= 11 is 5.10. The maximum Gasteiger partial charge on any atom is 0.00475 e. The van der Waals surface area contributed by atoms with E-state index in [0.29, 0.717) is 5.92 Å². The number of hydrogen-bond acceptors (Lipinski definition) is 1. The molecule has 5 atom stereocenters. The van der Waals surface area contributed by atoms with Crippen molar-refractivity contribution in [2.75, 3.05) is 0 Å². The van der Waals surface area contributed by atoms with Crippen LogP contribution in [0.2, 0.25) is 0 Å². The van der Waals surface area contributed by atoms with E-state index in [2.05, 4.69) is 71.0 Å². The van der Waals surface area contributed by atoms with E-state index in [-0.39, 0.29) is 5.41 Å². The lowest BCUT2D eigenvalue weighted by Gasteiger charge is -2.34. The summed E-state index contributed by atoms with van der Waals surface area (Å²) < 4.78 is 0. The van der Waals surface area contributed by atoms with Crippen LogP contribution < -0.4 is 0 Å². The topological polar surface area (TPSA) is 0 Å². The molecule has 0 heterocycles. The van der Waals surface area contributed by atoms with Crippen LogP contribution in [0, 0.1) is 36.0 Å². The van der Waals surface area contributed by atoms with E-state index in [4.69, 9.17) is 12.6 Å². The lowest BCUT2D eigenvalue weighted by Crippen LogP contribution is -2.23. The molecule has 2 aliphatic carbocycles. The second kappa shape index (κ2) is 4.89. The molecule has 23 heavy (non-hydrogen) atoms. The van der Waals surface area contributed by atoms with Gasteiger partial charge in [0.2, 0.25) is 0 Å². The molecule has 0 N–H and O–H groups in total. The molecule has 1 heteroatoms. The predicted octanol–water partition coefficient (Wildman–Crippen LogP) is 6.35. The molecule has 1 fully saturated rings. The molecular weight excluding hydrogens is 296 g/mol. The van der Waals surface area contributed by atoms with Crippen LogP contribution in [-0.2, 0) is 0 Å². The first-order valence-electron chi connectivity index (χ1n) is 8.81. The van der Waals surface area contributed by atoms with Crippen molar-refractivity contribution in [2.45, 2.75) is 34.6 Å². The summed E-state index contributed by atoms with van der Waals surface area (Å²) in [7, 11) is 0. The van der Waals surface area contributed by atoms with Crippen molar-refractivity contribution in [3.05, 3.63) is 52.4 Å². The monoisotopic (exact) mass is 322 g/mol. The van der Waals surface area contributed by atoms with Gasteiger partial charge in [-0.05, 0) is 63.0 Å². The average Bonchev–Trinajstić information content (AvgIpc) is 3.11. The Morgan fingerprint density at radius 1 is 1.00 bits per heavy atom. The molecule has 2 aromatic rings. The molecule has 0 bridgehead atoms. The third kappa shape index (κ3) is 1.86. The number of aryl methyl sites for hydroxylation is 1. The highest BCUT2D eigenvalue weighted by Crippen LogP contribution is 2.72. The molecule has 0 amide bonds. The minimum absolute atomic E-state index is 0.285. The highest BCUT2D eigenvalue weighted by molar-refractivity contribution is 7.84. The highest BCUT2D eigenvalue weighted by Gasteiger charge is 2.65. The number of allylic oxidation sites excluding steroid dienone is 2. The second-order valence-corrected chi connectivity index (χ2v) is 8.43. The smallest absolute Gasteiger partial charge is 0.00475 e. The Labute approximate surface area is 145 Å². The Hall–Kier alpha value is -1.21. The van der Waals surface area contributed by atoms with E-state index < -0.39 is 0 Å². The molecule has 0 spiro atoms. The zero-order valence-corrected chi connectivity index (χ0v) is 15.6. The molecule has 2 aromatic carbocycles. The normalized spacial score (nSPS) is 36.3. The Bertz CT molecular complexity index is 831. The Balaban J connectivity index is 2.04. The molecule has 0 saturated heterocycles. The van der Waals surface area contributed by atoms with Crippen LogP contribution in [0.25, 0.3) is 16.3 Å². The fourth-order valence-corrected chi connectivity index (χ4v) is 5.97. The third-order valence-corrected chi connectivity index (χ3v) is 7.77. The third-order valence-electron chi connectivity index (χ3n) is 7.05. The minimum atomic E-state index is 0.285. The largest absolute Gasteiger partial charge is 0.147 e. The van der Waals surface area contributed by atoms with Crippen LogP contribution in [0.15, 0.2) is 41.3 Å². The number of thiol groups is 1. The standard InChI is InChI=1S/C22H26S/c1-12-10-11-16-8-6-7-9-17(16)18(12)19-13(2)14(3)20-15(4)22(20,5)21(19)23/h6-11,13-15,20,23H,1-5H3/t13?,14-,15-,20-,22?/m0/s1. The first-order chi connectivity index (χ1) is 10.9. The van der Waals surface area contributed by atoms with Crippen molar-refractivity contribution in [3.63, 3.8) is 0 Å². The Morgan fingerprint density at radius 3 is 2.43 bits per heavy atom. The van der Waals surface area contributed by atoms with Gasteiger partial charge >= 0.3 is 0 Å². The van der Waals surface area contributed by atoms with Gasteiger partial charge in [0.25, 0.3) is 0 Å². The van der Waals surface area contributed by atoms with Crippen LogP contribution >= 0.6 is 12.6 Å². The first-order valence-corrected chi connectivity index (χ1v) is 9.26. The molecule has 0 aliphatic heterocycles. The SMILES string of the molecule is Cc1ccc2ccccc2c1C1=C(S)C2(C)[C@@H]([C@@H](C)C1C)[C@@H]2C. The Kier molecular flexibility index (Phi) is 3.26. The molecule has 2 unspecified atom stereocenters. The lowest BCUT2D eigenvalue weighted by atomic mass is 9.72. The van der Waals surface area contributed by atoms with Gasteiger partial charge < -0.3 is 0 Å². The molecule has 1 saturated carbocycles. The summed E-state index contributed by atoms with van der Waals surface area (Å²) in [5.41, 5.74) is 4.59. The van der Waals surface area contributed by atoms with Crippen molar-refractivity contribution in [1.29, 1.82) is 0 Å². The first kappa shape index (κ1) is 15.3. The average molecular weight is 323 g/mol. The quantitative estimate of drug-likeness (QED) is 0.581. The molecule has 0 nitrogen and oxygen atoms in total. The van der Waals surface area contributed by atoms with Gasteiger partial charge in [0.05, 0.1) is 0 Å². The fraction of sp³-hybridized carbons (Fsp3) is 0.455. The summed E-state index contributed by atoms with van der Waals surface area (Å²) in [6.45, 7) is 11.9. The fourth-order valence-electron chi connectivity index (χ4n) is 5.31. The van der Waals surface area contributed by atoms with Crippen LogP contribution in [0.5, 0.6) is 0 Å². The minimum Gasteiger partial charge on any atom is -0.147 e. The zero-order chi connectivity index (χ0) is 16.5. The zero-order valence-electron chi connectivity index (χ0n) is 14.7. The van der Waals surface area contributed by atoms with Gasteiger partial charge in [-0.1, -0.05) is 64.1 Å². The summed E-state index contributed by atoms with van der Waals surface area (Å²) in [6, 6.07) is 13.3. The maximum absolute atomic E-state index is 5.10. The van der Waals surface area contributed by atoms with Crippen LogP contribution in [-0.4, -0.2) is 0 Å². The molecule has 0 radical (unpaired) electrons. The summed E-state index contributed by atoms with van der Waals surface area (Å²) in [5, 5.41) is 2.71. The predicted molar refractivity (Wildman–Crippen MR) is 104 cm³/mol. The summed E-state index contributed by atoms with van der Waals surface area (Å²) in [5.74, 6) is 2.83. The van der Waals surface area contributed by atoms with Gasteiger partial charge in [-0.15, -0.1) is 12.6 Å². The number of rotatable bonds is 1. The van der Waals surface area contributed by atoms with Gasteiger partial charge in [0, 0.05) is 5.41 Å². The van der Waals surface area contributed by atoms with E-state index in [1.54, 1.807) is 0 Å². The van der Waals surface area contributed by atoms with Crippen LogP contribution in [0.3, 0.4) is 0 Å². The highest BCUT2D eigenvalue weighted by atomic mass is 32.1. The van der Waals surface area contributed by atoms with Crippen LogP contribution in [0.4, 0.5) is 0 Å². The van der Waals surface area contributed by atoms with Gasteiger partial charge in [-0.2, -0.15) is 0 Å². The summed E-state index contributed by atoms with van der Waals surface area (Å²) in [4.78, 5) is 1.35. The number of hydrogen-bond donors (Lipinski definition) is 1. The van der Waals surface area contributed by atoms with Crippen LogP contribution in [0.1, 0.15) is 38.8 Å². The van der Waals surface area contributed by atoms with E-state index >= 15 is 0 Å². The molecule has 120 valence electrons. The van der Waals surface area contributed by atoms with Crippen molar-refractivity contribution < 1.29 is 0 Å². The van der Waals surface area contributed by atoms with Crippen molar-refractivity contribution >= 4 is 29.0 Å². The van der Waals surface area contributed by atoms with E-state index in [9.17, 15) is 0 Å². The second-order valence-electron chi connectivity index (χ2n) is 7.99. The summed E-state index contributed by atoms with van der Waals surface area (Å²) in [6.07, 6.45) is 0. The molecule has 4 rings (SSSR count). The number of fused-ring (bicyclic) bond motifs is 2. The van der Waals surface area contributed by atoms with Gasteiger partial charge in [-0.25, -0.2) is 0 Å². The lowest BCUT2D eigenvalue weighted by molar-refractivity contribution is 0.353. The van der Waals surface area contributed by atoms with Gasteiger partial charge in [0.1, 0.15) is 0 Å². The maximum atomic E-state index is 5.10. The van der Waals surface area contributed by atoms with E-state index in [0.717, 1.165) is 17.8 Å². The molecular formula is C22H26S. The van der Waals surface area contributed by atoms with Crippen molar-refractivity contribution in [1.82, 2.24) is 0 Å². The number of benzene rings is 2. The van der Waals surface area contributed by atoms with Crippen molar-refractivity contribution in [3.8, 4) is 0 Å². The van der Waals surface area contributed by atoms with E-state index in [1.165, 1.54) is 32.4 Å². The van der Waals surface area contributed by atoms with Gasteiger partial charge in [0.15, 0.2) is 0 Å². The Morgan fingerprint density at radius 2 is 1.70 bits per heavy atom.